The lowest BCUT2D eigenvalue weighted by molar-refractivity contribution is -0.646. The van der Waals surface area contributed by atoms with Gasteiger partial charge in [0.2, 0.25) is 0 Å². The van der Waals surface area contributed by atoms with Crippen molar-refractivity contribution in [2.75, 3.05) is 0 Å². The van der Waals surface area contributed by atoms with Crippen LogP contribution in [-0.2, 0) is 7.05 Å². The Labute approximate surface area is 196 Å². The maximum absolute atomic E-state index is 4.92. The van der Waals surface area contributed by atoms with Gasteiger partial charge in [-0.2, -0.15) is 0 Å². The maximum Gasteiger partial charge on any atom is 0.287 e. The van der Waals surface area contributed by atoms with Crippen molar-refractivity contribution in [2.45, 2.75) is 53.3 Å². The highest BCUT2D eigenvalue weighted by atomic mass is 28.3. The second-order valence-corrected chi connectivity index (χ2v) is 16.3. The number of fused-ring (bicyclic) bond motifs is 5. The summed E-state index contributed by atoms with van der Waals surface area (Å²) in [7, 11) is 0.609. The Morgan fingerprint density at radius 1 is 0.909 bits per heavy atom. The lowest BCUT2D eigenvalue weighted by Crippen LogP contribution is -2.38. The highest BCUT2D eigenvalue weighted by Crippen LogP contribution is 2.41. The van der Waals surface area contributed by atoms with Crippen molar-refractivity contribution in [3.8, 4) is 0 Å². The van der Waals surface area contributed by atoms with E-state index in [2.05, 4.69) is 99.7 Å². The molecule has 0 atom stereocenters. The van der Waals surface area contributed by atoms with E-state index in [4.69, 9.17) is 4.98 Å². The molecule has 0 radical (unpaired) electrons. The first-order valence-corrected chi connectivity index (χ1v) is 15.5. The van der Waals surface area contributed by atoms with Gasteiger partial charge in [0.1, 0.15) is 5.52 Å². The number of hydrogen-bond acceptors (Lipinski definition) is 1. The lowest BCUT2D eigenvalue weighted by atomic mass is 9.96. The van der Waals surface area contributed by atoms with Crippen LogP contribution in [0, 0.1) is 13.8 Å². The van der Waals surface area contributed by atoms with Gasteiger partial charge in [-0.3, -0.25) is 0 Å². The molecule has 0 aliphatic carbocycles. The Hall–Kier alpha value is -2.98. The van der Waals surface area contributed by atoms with Crippen molar-refractivity contribution in [1.82, 2.24) is 9.38 Å². The third kappa shape index (κ3) is 2.67. The zero-order valence-corrected chi connectivity index (χ0v) is 22.0. The molecule has 0 saturated heterocycles. The van der Waals surface area contributed by atoms with Crippen molar-refractivity contribution in [2.24, 2.45) is 7.05 Å². The van der Waals surface area contributed by atoms with Crippen molar-refractivity contribution in [3.05, 3.63) is 59.4 Å². The third-order valence-corrected chi connectivity index (χ3v) is 9.68. The van der Waals surface area contributed by atoms with Gasteiger partial charge in [0.15, 0.2) is 5.52 Å². The second-order valence-electron chi connectivity index (χ2n) is 11.2. The van der Waals surface area contributed by atoms with Gasteiger partial charge in [-0.05, 0) is 71.8 Å². The molecule has 0 aliphatic heterocycles. The van der Waals surface area contributed by atoms with E-state index in [0.717, 1.165) is 5.52 Å². The SMILES string of the molecule is Cc1cc2c3cc(C(C)C)ccc3n3c4cc([Si](C)(C)C)cc5nc[n+](C)c(c(c1C)c23)c54. The van der Waals surface area contributed by atoms with Gasteiger partial charge in [0.05, 0.1) is 42.4 Å². The molecule has 0 spiro atoms. The molecule has 3 aromatic carbocycles. The standard InChI is InChI=1S/C29H32N3Si/c1-16(2)19-9-10-24-21(12-19)22-11-17(3)18(4)26-28(22)32(24)25-14-20(33(6,7)8)13-23-27(25)29(26)31(5)15-30-23/h9-16H,1-8H3/q+1. The van der Waals surface area contributed by atoms with Crippen molar-refractivity contribution in [3.63, 3.8) is 0 Å². The molecule has 0 N–H and O–H groups in total. The summed E-state index contributed by atoms with van der Waals surface area (Å²) in [6.07, 6.45) is 2.00. The van der Waals surface area contributed by atoms with Gasteiger partial charge < -0.3 is 4.40 Å². The van der Waals surface area contributed by atoms with E-state index < -0.39 is 8.07 Å². The Morgan fingerprint density at radius 2 is 1.67 bits per heavy atom. The van der Waals surface area contributed by atoms with Crippen LogP contribution in [0.25, 0.3) is 49.1 Å². The number of rotatable bonds is 2. The summed E-state index contributed by atoms with van der Waals surface area (Å²) in [5.74, 6) is 0.505. The minimum Gasteiger partial charge on any atom is -0.308 e. The summed E-state index contributed by atoms with van der Waals surface area (Å²) < 4.78 is 4.76. The van der Waals surface area contributed by atoms with Crippen LogP contribution >= 0.6 is 0 Å². The van der Waals surface area contributed by atoms with Gasteiger partial charge in [-0.15, -0.1) is 0 Å². The van der Waals surface area contributed by atoms with Crippen molar-refractivity contribution < 1.29 is 4.57 Å². The van der Waals surface area contributed by atoms with E-state index in [9.17, 15) is 0 Å². The van der Waals surface area contributed by atoms with Gasteiger partial charge >= 0.3 is 0 Å². The zero-order valence-electron chi connectivity index (χ0n) is 21.0. The fraction of sp³-hybridized carbons (Fsp3) is 0.310. The Morgan fingerprint density at radius 3 is 2.36 bits per heavy atom. The van der Waals surface area contributed by atoms with Crippen LogP contribution in [0.1, 0.15) is 36.5 Å². The number of nitrogens with zero attached hydrogens (tertiary/aromatic N) is 3. The van der Waals surface area contributed by atoms with E-state index in [1.807, 2.05) is 6.33 Å². The lowest BCUT2D eigenvalue weighted by Gasteiger charge is -2.19. The molecule has 3 aromatic heterocycles. The molecule has 0 unspecified atom stereocenters. The van der Waals surface area contributed by atoms with Crippen molar-refractivity contribution in [1.29, 1.82) is 0 Å². The average Bonchev–Trinajstić information content (AvgIpc) is 3.08. The van der Waals surface area contributed by atoms with Gasteiger partial charge in [0.25, 0.3) is 6.33 Å². The predicted octanol–water partition coefficient (Wildman–Crippen LogP) is 6.49. The molecule has 166 valence electrons. The van der Waals surface area contributed by atoms with E-state index >= 15 is 0 Å². The zero-order chi connectivity index (χ0) is 23.4. The van der Waals surface area contributed by atoms with Gasteiger partial charge in [-0.25, -0.2) is 4.57 Å². The highest BCUT2D eigenvalue weighted by molar-refractivity contribution is 6.89. The summed E-state index contributed by atoms with van der Waals surface area (Å²) in [6.45, 7) is 16.4. The summed E-state index contributed by atoms with van der Waals surface area (Å²) >= 11 is 0. The molecule has 3 heterocycles. The average molecular weight is 451 g/mol. The van der Waals surface area contributed by atoms with Crippen LogP contribution in [0.4, 0.5) is 0 Å². The molecule has 0 saturated carbocycles. The van der Waals surface area contributed by atoms with Crippen molar-refractivity contribution >= 4 is 62.4 Å². The topological polar surface area (TPSA) is 21.2 Å². The quantitative estimate of drug-likeness (QED) is 0.128. The van der Waals surface area contributed by atoms with Crippen LogP contribution in [0.5, 0.6) is 0 Å². The summed E-state index contributed by atoms with van der Waals surface area (Å²) in [6, 6.07) is 14.3. The van der Waals surface area contributed by atoms with Crippen LogP contribution in [-0.4, -0.2) is 17.5 Å². The Kier molecular flexibility index (Phi) is 4.08. The van der Waals surface area contributed by atoms with Gasteiger partial charge in [-0.1, -0.05) is 44.7 Å². The summed E-state index contributed by atoms with van der Waals surface area (Å²) in [5.41, 5.74) is 10.4. The van der Waals surface area contributed by atoms with Gasteiger partial charge in [0, 0.05) is 10.8 Å². The molecule has 6 rings (SSSR count). The molecule has 0 aliphatic rings. The summed E-state index contributed by atoms with van der Waals surface area (Å²) in [4.78, 5) is 4.92. The first kappa shape index (κ1) is 20.6. The Balaban J connectivity index is 2.02. The molecule has 4 heteroatoms. The number of aromatic nitrogens is 3. The Bertz CT molecular complexity index is 1750. The normalized spacial score (nSPS) is 13.1. The molecule has 3 nitrogen and oxygen atoms in total. The molecule has 0 amide bonds. The number of pyridine rings is 1. The smallest absolute Gasteiger partial charge is 0.287 e. The highest BCUT2D eigenvalue weighted by Gasteiger charge is 2.27. The van der Waals surface area contributed by atoms with E-state index in [1.54, 1.807) is 0 Å². The van der Waals surface area contributed by atoms with E-state index in [-0.39, 0.29) is 0 Å². The van der Waals surface area contributed by atoms with E-state index in [1.165, 1.54) is 65.5 Å². The monoisotopic (exact) mass is 450 g/mol. The minimum atomic E-state index is -1.53. The molecular weight excluding hydrogens is 418 g/mol. The molecule has 0 fully saturated rings. The molecule has 0 bridgehead atoms. The number of aryl methyl sites for hydroxylation is 3. The van der Waals surface area contributed by atoms with E-state index in [0.29, 0.717) is 5.92 Å². The molecular formula is C29H32N3Si+. The number of hydrogen-bond donors (Lipinski definition) is 0. The van der Waals surface area contributed by atoms with Crippen LogP contribution in [0.3, 0.4) is 0 Å². The first-order valence-electron chi connectivity index (χ1n) is 12.0. The molecule has 33 heavy (non-hydrogen) atoms. The summed E-state index contributed by atoms with van der Waals surface area (Å²) in [5, 5.41) is 6.80. The van der Waals surface area contributed by atoms with Crippen LogP contribution in [0.2, 0.25) is 19.6 Å². The first-order chi connectivity index (χ1) is 15.6. The largest absolute Gasteiger partial charge is 0.308 e. The third-order valence-electron chi connectivity index (χ3n) is 7.66. The van der Waals surface area contributed by atoms with Crippen LogP contribution in [0.15, 0.2) is 42.7 Å². The fourth-order valence-electron chi connectivity index (χ4n) is 5.57. The fourth-order valence-corrected chi connectivity index (χ4v) is 6.71. The maximum atomic E-state index is 4.92. The predicted molar refractivity (Wildman–Crippen MR) is 144 cm³/mol. The minimum absolute atomic E-state index is 0.505. The molecule has 6 aromatic rings. The van der Waals surface area contributed by atoms with Crippen LogP contribution < -0.4 is 9.75 Å². The second kappa shape index (κ2) is 6.54. The number of benzene rings is 3.